The molecule has 164 valence electrons. The molecule has 0 bridgehead atoms. The van der Waals surface area contributed by atoms with Crippen LogP contribution in [0.3, 0.4) is 0 Å². The molecule has 9 heteroatoms. The van der Waals surface area contributed by atoms with Crippen LogP contribution < -0.4 is 0 Å². The van der Waals surface area contributed by atoms with Gasteiger partial charge >= 0.3 is 5.97 Å². The van der Waals surface area contributed by atoms with Gasteiger partial charge in [0.1, 0.15) is 16.6 Å². The Hall–Kier alpha value is -0.860. The quantitative estimate of drug-likeness (QED) is 0.532. The largest absolute Gasteiger partial charge is 0.461 e. The molecule has 1 N–H and O–H groups in total. The minimum atomic E-state index is -3.93. The fourth-order valence-corrected chi connectivity index (χ4v) is 9.20. The molecule has 2 saturated carbocycles. The second-order valence-electron chi connectivity index (χ2n) is 9.60. The number of ether oxygens (including phenoxy) is 2. The van der Waals surface area contributed by atoms with Gasteiger partial charge in [0.15, 0.2) is 9.84 Å². The average Bonchev–Trinajstić information content (AvgIpc) is 3.00. The average molecular weight is 475 g/mol. The van der Waals surface area contributed by atoms with Gasteiger partial charge in [-0.3, -0.25) is 4.79 Å². The summed E-state index contributed by atoms with van der Waals surface area (Å²) in [5.41, 5.74) is -1.91. The molecule has 6 nitrogen and oxygen atoms in total. The summed E-state index contributed by atoms with van der Waals surface area (Å²) in [6, 6.07) is 4.50. The van der Waals surface area contributed by atoms with Gasteiger partial charge in [-0.2, -0.15) is 0 Å². The highest BCUT2D eigenvalue weighted by molar-refractivity contribution is 7.91. The van der Waals surface area contributed by atoms with Crippen LogP contribution in [0.4, 0.5) is 0 Å². The van der Waals surface area contributed by atoms with Crippen molar-refractivity contribution in [2.75, 3.05) is 5.75 Å². The number of hydrogen-bond donors (Lipinski definition) is 1. The highest BCUT2D eigenvalue weighted by Gasteiger charge is 2.80. The van der Waals surface area contributed by atoms with Crippen LogP contribution >= 0.6 is 23.2 Å². The summed E-state index contributed by atoms with van der Waals surface area (Å²) in [5, 5.41) is 11.2. The Bertz CT molecular complexity index is 1020. The van der Waals surface area contributed by atoms with Crippen LogP contribution in [0.2, 0.25) is 10.0 Å². The van der Waals surface area contributed by atoms with E-state index >= 15 is 0 Å². The SMILES string of the molecule is CC1(O)CCC23OC2(C)CCC2C(CS(=O)(=O)c4c(Cl)cccc4Cl)C(=O)OC2C13. The number of esters is 1. The molecule has 0 amide bonds. The van der Waals surface area contributed by atoms with E-state index in [4.69, 9.17) is 32.7 Å². The van der Waals surface area contributed by atoms with Gasteiger partial charge in [-0.1, -0.05) is 29.3 Å². The fourth-order valence-electron chi connectivity index (χ4n) is 6.34. The molecule has 1 aromatic rings. The second kappa shape index (κ2) is 6.35. The molecule has 0 aromatic heterocycles. The Kier molecular flexibility index (Phi) is 4.45. The molecule has 7 unspecified atom stereocenters. The van der Waals surface area contributed by atoms with E-state index in [0.29, 0.717) is 25.7 Å². The maximum atomic E-state index is 13.2. The number of carbonyl (C=O) groups is 1. The zero-order valence-electron chi connectivity index (χ0n) is 16.7. The van der Waals surface area contributed by atoms with Crippen LogP contribution in [0.5, 0.6) is 0 Å². The maximum absolute atomic E-state index is 13.2. The predicted molar refractivity (Wildman–Crippen MR) is 110 cm³/mol. The lowest BCUT2D eigenvalue weighted by atomic mass is 9.75. The normalized spacial score (nSPS) is 44.6. The molecular formula is C21H24Cl2O6S. The van der Waals surface area contributed by atoms with E-state index < -0.39 is 44.8 Å². The van der Waals surface area contributed by atoms with Gasteiger partial charge in [-0.05, 0) is 51.7 Å². The Morgan fingerprint density at radius 1 is 1.17 bits per heavy atom. The number of hydrogen-bond acceptors (Lipinski definition) is 6. The van der Waals surface area contributed by atoms with E-state index in [1.807, 2.05) is 6.92 Å². The van der Waals surface area contributed by atoms with E-state index in [-0.39, 0.29) is 32.4 Å². The monoisotopic (exact) mass is 474 g/mol. The van der Waals surface area contributed by atoms with Crippen molar-refractivity contribution in [2.45, 2.75) is 67.3 Å². The third kappa shape index (κ3) is 2.75. The highest BCUT2D eigenvalue weighted by atomic mass is 35.5. The summed E-state index contributed by atoms with van der Waals surface area (Å²) in [4.78, 5) is 12.7. The van der Waals surface area contributed by atoms with Crippen LogP contribution in [0.25, 0.3) is 0 Å². The predicted octanol–water partition coefficient (Wildman–Crippen LogP) is 3.41. The number of halogens is 2. The first-order chi connectivity index (χ1) is 13.9. The molecule has 2 saturated heterocycles. The number of fused-ring (bicyclic) bond motifs is 2. The molecule has 7 atom stereocenters. The lowest BCUT2D eigenvalue weighted by Crippen LogP contribution is -2.47. The van der Waals surface area contributed by atoms with Crippen molar-refractivity contribution in [1.29, 1.82) is 0 Å². The van der Waals surface area contributed by atoms with Crippen LogP contribution in [-0.2, 0) is 24.1 Å². The topological polar surface area (TPSA) is 93.2 Å². The molecule has 1 aromatic carbocycles. The molecule has 30 heavy (non-hydrogen) atoms. The molecular weight excluding hydrogens is 451 g/mol. The smallest absolute Gasteiger partial charge is 0.310 e. The van der Waals surface area contributed by atoms with Crippen molar-refractivity contribution in [3.8, 4) is 0 Å². The summed E-state index contributed by atoms with van der Waals surface area (Å²) >= 11 is 12.2. The zero-order chi connectivity index (χ0) is 21.7. The van der Waals surface area contributed by atoms with Gasteiger partial charge in [-0.25, -0.2) is 8.42 Å². The number of sulfone groups is 1. The van der Waals surface area contributed by atoms with Gasteiger partial charge in [0, 0.05) is 5.92 Å². The summed E-state index contributed by atoms with van der Waals surface area (Å²) in [6.07, 6.45) is 1.99. The lowest BCUT2D eigenvalue weighted by Gasteiger charge is -2.34. The molecule has 5 rings (SSSR count). The molecule has 4 fully saturated rings. The van der Waals surface area contributed by atoms with E-state index in [2.05, 4.69) is 0 Å². The standard InChI is InChI=1S/C21H24Cl2O6S/c1-19(25)8-9-21-17(19)15-11(6-7-20(21,2)29-21)12(18(24)28-15)10-30(26,27)16-13(22)4-3-5-14(16)23/h3-5,11-12,15,17,25H,6-10H2,1-2H3. The van der Waals surface area contributed by atoms with Gasteiger partial charge in [0.25, 0.3) is 0 Å². The van der Waals surface area contributed by atoms with E-state index in [1.54, 1.807) is 13.0 Å². The van der Waals surface area contributed by atoms with Crippen LogP contribution in [0, 0.1) is 17.8 Å². The van der Waals surface area contributed by atoms with Crippen molar-refractivity contribution in [3.05, 3.63) is 28.2 Å². The number of epoxide rings is 1. The van der Waals surface area contributed by atoms with Crippen molar-refractivity contribution >= 4 is 39.0 Å². The van der Waals surface area contributed by atoms with Crippen LogP contribution in [-0.4, -0.2) is 48.2 Å². The minimum Gasteiger partial charge on any atom is -0.461 e. The van der Waals surface area contributed by atoms with E-state index in [9.17, 15) is 18.3 Å². The van der Waals surface area contributed by atoms with Crippen molar-refractivity contribution in [2.24, 2.45) is 17.8 Å². The summed E-state index contributed by atoms with van der Waals surface area (Å²) in [6.45, 7) is 3.80. The summed E-state index contributed by atoms with van der Waals surface area (Å²) < 4.78 is 38.3. The number of aliphatic hydroxyl groups is 1. The Labute approximate surface area is 185 Å². The third-order valence-electron chi connectivity index (χ3n) is 7.84. The number of rotatable bonds is 3. The van der Waals surface area contributed by atoms with Crippen LogP contribution in [0.1, 0.15) is 39.5 Å². The Morgan fingerprint density at radius 3 is 2.50 bits per heavy atom. The van der Waals surface area contributed by atoms with E-state index in [0.717, 1.165) is 0 Å². The molecule has 2 aliphatic heterocycles. The van der Waals surface area contributed by atoms with Gasteiger partial charge in [-0.15, -0.1) is 0 Å². The Balaban J connectivity index is 1.50. The fraction of sp³-hybridized carbons (Fsp3) is 0.667. The lowest BCUT2D eigenvalue weighted by molar-refractivity contribution is -0.150. The maximum Gasteiger partial charge on any atom is 0.310 e. The van der Waals surface area contributed by atoms with Crippen molar-refractivity contribution < 1.29 is 27.8 Å². The number of benzene rings is 1. The van der Waals surface area contributed by atoms with Crippen LogP contribution in [0.15, 0.2) is 23.1 Å². The second-order valence-corrected chi connectivity index (χ2v) is 12.4. The highest BCUT2D eigenvalue weighted by Crippen LogP contribution is 2.69. The first kappa shape index (κ1) is 21.0. The van der Waals surface area contributed by atoms with Gasteiger partial charge in [0.2, 0.25) is 0 Å². The zero-order valence-corrected chi connectivity index (χ0v) is 19.1. The van der Waals surface area contributed by atoms with Crippen molar-refractivity contribution in [3.63, 3.8) is 0 Å². The molecule has 1 spiro atoms. The minimum absolute atomic E-state index is 0.0334. The first-order valence-corrected chi connectivity index (χ1v) is 12.6. The third-order valence-corrected chi connectivity index (χ3v) is 10.6. The molecule has 2 aliphatic carbocycles. The van der Waals surface area contributed by atoms with E-state index in [1.165, 1.54) is 12.1 Å². The first-order valence-electron chi connectivity index (χ1n) is 10.2. The van der Waals surface area contributed by atoms with Crippen molar-refractivity contribution in [1.82, 2.24) is 0 Å². The molecule has 2 heterocycles. The number of carbonyl (C=O) groups excluding carboxylic acids is 1. The molecule has 4 aliphatic rings. The Morgan fingerprint density at radius 2 is 1.83 bits per heavy atom. The van der Waals surface area contributed by atoms with Gasteiger partial charge < -0.3 is 14.6 Å². The summed E-state index contributed by atoms with van der Waals surface area (Å²) in [5.74, 6) is -2.48. The van der Waals surface area contributed by atoms with Gasteiger partial charge in [0.05, 0.1) is 38.8 Å². The summed E-state index contributed by atoms with van der Waals surface area (Å²) in [7, 11) is -3.93. The molecule has 0 radical (unpaired) electrons.